The Balaban J connectivity index is 1.90. The lowest BCUT2D eigenvalue weighted by Gasteiger charge is -2.28. The molecule has 3 atom stereocenters. The molecule has 0 aromatic carbocycles. The fraction of sp³-hybridized carbons (Fsp3) is 0.895. The summed E-state index contributed by atoms with van der Waals surface area (Å²) in [6.45, 7) is 3.94. The third kappa shape index (κ3) is 7.31. The summed E-state index contributed by atoms with van der Waals surface area (Å²) in [7, 11) is -3.05. The third-order valence-electron chi connectivity index (χ3n) is 5.80. The standard InChI is InChI=1S/C19H35N3O4S/c1-3-14(2)17(18(23)20-15-9-7-5-4-6-8-10-15)22-19(24)21-16-11-12-27(25,26)13-16/h14-17H,3-13H2,1-2H3,(H,20,23)(H2,21,22,24)/t14-,16?,17+/m0/s1. The van der Waals surface area contributed by atoms with Crippen LogP contribution < -0.4 is 16.0 Å². The fourth-order valence-corrected chi connectivity index (χ4v) is 5.54. The Morgan fingerprint density at radius 2 is 1.59 bits per heavy atom. The quantitative estimate of drug-likeness (QED) is 0.634. The monoisotopic (exact) mass is 401 g/mol. The highest BCUT2D eigenvalue weighted by Gasteiger charge is 2.31. The van der Waals surface area contributed by atoms with Gasteiger partial charge in [0.25, 0.3) is 0 Å². The maximum Gasteiger partial charge on any atom is 0.315 e. The van der Waals surface area contributed by atoms with Crippen LogP contribution in [0.4, 0.5) is 4.79 Å². The topological polar surface area (TPSA) is 104 Å². The lowest BCUT2D eigenvalue weighted by Crippen LogP contribution is -2.56. The Kier molecular flexibility index (Phi) is 8.38. The molecule has 8 heteroatoms. The Morgan fingerprint density at radius 1 is 0.963 bits per heavy atom. The second-order valence-electron chi connectivity index (χ2n) is 8.13. The lowest BCUT2D eigenvalue weighted by molar-refractivity contribution is -0.124. The average molecular weight is 402 g/mol. The zero-order valence-electron chi connectivity index (χ0n) is 16.6. The summed E-state index contributed by atoms with van der Waals surface area (Å²) in [5.74, 6) is -0.0573. The molecule has 1 aliphatic carbocycles. The largest absolute Gasteiger partial charge is 0.352 e. The van der Waals surface area contributed by atoms with E-state index in [2.05, 4.69) is 16.0 Å². The molecule has 3 amide bonds. The Hall–Kier alpha value is -1.31. The zero-order chi connectivity index (χ0) is 19.9. The van der Waals surface area contributed by atoms with Crippen LogP contribution in [0, 0.1) is 5.92 Å². The van der Waals surface area contributed by atoms with E-state index in [4.69, 9.17) is 0 Å². The molecule has 0 aromatic heterocycles. The van der Waals surface area contributed by atoms with Gasteiger partial charge in [0.15, 0.2) is 9.84 Å². The fourth-order valence-electron chi connectivity index (χ4n) is 3.87. The summed E-state index contributed by atoms with van der Waals surface area (Å²) in [4.78, 5) is 25.2. The first-order chi connectivity index (χ1) is 12.8. The molecule has 1 saturated carbocycles. The number of amides is 3. The molecular formula is C19H35N3O4S. The number of hydrogen-bond acceptors (Lipinski definition) is 4. The van der Waals surface area contributed by atoms with Gasteiger partial charge in [0, 0.05) is 12.1 Å². The van der Waals surface area contributed by atoms with Gasteiger partial charge >= 0.3 is 6.03 Å². The van der Waals surface area contributed by atoms with E-state index in [1.807, 2.05) is 13.8 Å². The van der Waals surface area contributed by atoms with Gasteiger partial charge in [-0.05, 0) is 25.2 Å². The molecular weight excluding hydrogens is 366 g/mol. The van der Waals surface area contributed by atoms with Crippen LogP contribution in [0.25, 0.3) is 0 Å². The number of rotatable bonds is 6. The predicted octanol–water partition coefficient (Wildman–Crippen LogP) is 2.12. The number of carbonyl (C=O) groups excluding carboxylic acids is 2. The first-order valence-electron chi connectivity index (χ1n) is 10.4. The van der Waals surface area contributed by atoms with Crippen LogP contribution in [0.3, 0.4) is 0 Å². The molecule has 7 nitrogen and oxygen atoms in total. The van der Waals surface area contributed by atoms with Crippen LogP contribution in [0.15, 0.2) is 0 Å². The van der Waals surface area contributed by atoms with Crippen molar-refractivity contribution < 1.29 is 18.0 Å². The number of sulfone groups is 1. The van der Waals surface area contributed by atoms with Crippen LogP contribution in [-0.4, -0.2) is 50.0 Å². The lowest BCUT2D eigenvalue weighted by atomic mass is 9.94. The van der Waals surface area contributed by atoms with E-state index in [-0.39, 0.29) is 35.4 Å². The summed E-state index contributed by atoms with van der Waals surface area (Å²) < 4.78 is 23.1. The Labute approximate surface area is 163 Å². The summed E-state index contributed by atoms with van der Waals surface area (Å²) in [5.41, 5.74) is 0. The van der Waals surface area contributed by atoms with Crippen molar-refractivity contribution in [2.45, 2.75) is 89.8 Å². The minimum Gasteiger partial charge on any atom is -0.352 e. The third-order valence-corrected chi connectivity index (χ3v) is 7.57. The van der Waals surface area contributed by atoms with Gasteiger partial charge in [0.05, 0.1) is 11.5 Å². The highest BCUT2D eigenvalue weighted by atomic mass is 32.2. The molecule has 0 bridgehead atoms. The van der Waals surface area contributed by atoms with Gasteiger partial charge in [0.1, 0.15) is 6.04 Å². The van der Waals surface area contributed by atoms with Crippen molar-refractivity contribution in [2.75, 3.05) is 11.5 Å². The predicted molar refractivity (Wildman–Crippen MR) is 106 cm³/mol. The van der Waals surface area contributed by atoms with Crippen molar-refractivity contribution in [3.63, 3.8) is 0 Å². The van der Waals surface area contributed by atoms with Crippen molar-refractivity contribution in [1.82, 2.24) is 16.0 Å². The Morgan fingerprint density at radius 3 is 2.15 bits per heavy atom. The number of urea groups is 1. The number of nitrogens with one attached hydrogen (secondary N) is 3. The van der Waals surface area contributed by atoms with Crippen LogP contribution >= 0.6 is 0 Å². The molecule has 1 heterocycles. The summed E-state index contributed by atoms with van der Waals surface area (Å²) in [5, 5.41) is 8.63. The molecule has 1 aliphatic heterocycles. The van der Waals surface area contributed by atoms with E-state index in [0.717, 1.165) is 32.1 Å². The SMILES string of the molecule is CC[C@H](C)[C@@H](NC(=O)NC1CCS(=O)(=O)C1)C(=O)NC1CCCCCCC1. The molecule has 2 aliphatic rings. The number of hydrogen-bond donors (Lipinski definition) is 3. The van der Waals surface area contributed by atoms with E-state index in [0.29, 0.717) is 6.42 Å². The molecule has 0 spiro atoms. The van der Waals surface area contributed by atoms with Gasteiger partial charge in [-0.25, -0.2) is 13.2 Å². The van der Waals surface area contributed by atoms with E-state index in [1.54, 1.807) is 0 Å². The molecule has 2 fully saturated rings. The van der Waals surface area contributed by atoms with Crippen LogP contribution in [-0.2, 0) is 14.6 Å². The van der Waals surface area contributed by atoms with Gasteiger partial charge in [-0.2, -0.15) is 0 Å². The van der Waals surface area contributed by atoms with Gasteiger partial charge < -0.3 is 16.0 Å². The molecule has 2 rings (SSSR count). The van der Waals surface area contributed by atoms with Gasteiger partial charge in [0.2, 0.25) is 5.91 Å². The maximum absolute atomic E-state index is 12.8. The van der Waals surface area contributed by atoms with E-state index in [9.17, 15) is 18.0 Å². The first-order valence-corrected chi connectivity index (χ1v) is 12.2. The Bertz CT molecular complexity index is 600. The zero-order valence-corrected chi connectivity index (χ0v) is 17.4. The van der Waals surface area contributed by atoms with Crippen molar-refractivity contribution in [1.29, 1.82) is 0 Å². The van der Waals surface area contributed by atoms with E-state index in [1.165, 1.54) is 19.3 Å². The first kappa shape index (κ1) is 22.0. The summed E-state index contributed by atoms with van der Waals surface area (Å²) in [6, 6.07) is -1.27. The van der Waals surface area contributed by atoms with Crippen LogP contribution in [0.1, 0.15) is 71.6 Å². The molecule has 156 valence electrons. The maximum atomic E-state index is 12.8. The molecule has 0 aromatic rings. The molecule has 27 heavy (non-hydrogen) atoms. The average Bonchev–Trinajstić information content (AvgIpc) is 2.92. The highest BCUT2D eigenvalue weighted by Crippen LogP contribution is 2.18. The smallest absolute Gasteiger partial charge is 0.315 e. The highest BCUT2D eigenvalue weighted by molar-refractivity contribution is 7.91. The molecule has 3 N–H and O–H groups in total. The van der Waals surface area contributed by atoms with E-state index < -0.39 is 21.9 Å². The molecule has 1 saturated heterocycles. The van der Waals surface area contributed by atoms with Crippen LogP contribution in [0.5, 0.6) is 0 Å². The van der Waals surface area contributed by atoms with Gasteiger partial charge in [-0.1, -0.05) is 52.4 Å². The summed E-state index contributed by atoms with van der Waals surface area (Å²) >= 11 is 0. The van der Waals surface area contributed by atoms with Gasteiger partial charge in [-0.3, -0.25) is 4.79 Å². The summed E-state index contributed by atoms with van der Waals surface area (Å²) in [6.07, 6.45) is 9.13. The normalized spacial score (nSPS) is 25.6. The van der Waals surface area contributed by atoms with Crippen molar-refractivity contribution in [3.05, 3.63) is 0 Å². The van der Waals surface area contributed by atoms with Crippen molar-refractivity contribution in [2.24, 2.45) is 5.92 Å². The van der Waals surface area contributed by atoms with Gasteiger partial charge in [-0.15, -0.1) is 0 Å². The number of carbonyl (C=O) groups is 2. The van der Waals surface area contributed by atoms with E-state index >= 15 is 0 Å². The van der Waals surface area contributed by atoms with Crippen molar-refractivity contribution >= 4 is 21.8 Å². The second kappa shape index (κ2) is 10.3. The minimum absolute atomic E-state index is 0.00313. The molecule has 0 radical (unpaired) electrons. The second-order valence-corrected chi connectivity index (χ2v) is 10.4. The van der Waals surface area contributed by atoms with Crippen LogP contribution in [0.2, 0.25) is 0 Å². The molecule has 1 unspecified atom stereocenters. The minimum atomic E-state index is -3.05. The van der Waals surface area contributed by atoms with Crippen molar-refractivity contribution in [3.8, 4) is 0 Å².